The second-order valence-electron chi connectivity index (χ2n) is 5.20. The number of methoxy groups -OCH3 is 1. The maximum atomic E-state index is 12.7. The van der Waals surface area contributed by atoms with Gasteiger partial charge in [-0.3, -0.25) is 14.9 Å². The number of hydrogen-bond acceptors (Lipinski definition) is 4. The lowest BCUT2D eigenvalue weighted by molar-refractivity contribution is -0.122. The van der Waals surface area contributed by atoms with Gasteiger partial charge >= 0.3 is 6.03 Å². The largest absolute Gasteiger partial charge is 0.497 e. The van der Waals surface area contributed by atoms with Gasteiger partial charge in [-0.2, -0.15) is 0 Å². The minimum absolute atomic E-state index is 0.104. The Kier molecular flexibility index (Phi) is 3.91. The maximum Gasteiger partial charge on any atom is 0.335 e. The molecular formula is C17H15N3O4. The van der Waals surface area contributed by atoms with E-state index in [4.69, 9.17) is 4.74 Å². The van der Waals surface area contributed by atoms with Crippen molar-refractivity contribution in [3.63, 3.8) is 0 Å². The summed E-state index contributed by atoms with van der Waals surface area (Å²) in [6.45, 7) is 0. The highest BCUT2D eigenvalue weighted by Gasteiger charge is 2.36. The first-order valence-electron chi connectivity index (χ1n) is 7.18. The number of nitrogens with zero attached hydrogens (tertiary/aromatic N) is 2. The van der Waals surface area contributed by atoms with Crippen LogP contribution in [-0.4, -0.2) is 29.5 Å². The molecule has 7 nitrogen and oxygen atoms in total. The van der Waals surface area contributed by atoms with Crippen molar-refractivity contribution in [3.05, 3.63) is 53.9 Å². The Bertz CT molecular complexity index is 849. The quantitative estimate of drug-likeness (QED) is 0.688. The third-order valence-corrected chi connectivity index (χ3v) is 3.71. The van der Waals surface area contributed by atoms with E-state index in [0.717, 1.165) is 4.90 Å². The van der Waals surface area contributed by atoms with E-state index >= 15 is 0 Å². The summed E-state index contributed by atoms with van der Waals surface area (Å²) < 4.78 is 6.83. The normalized spacial score (nSPS) is 16.5. The molecule has 0 radical (unpaired) electrons. The smallest absolute Gasteiger partial charge is 0.335 e. The summed E-state index contributed by atoms with van der Waals surface area (Å²) in [5, 5.41) is 2.19. The van der Waals surface area contributed by atoms with Gasteiger partial charge in [0.15, 0.2) is 0 Å². The molecule has 0 aliphatic carbocycles. The number of anilines is 1. The summed E-state index contributed by atoms with van der Waals surface area (Å²) in [5.74, 6) is -0.787. The molecule has 24 heavy (non-hydrogen) atoms. The molecule has 1 aromatic heterocycles. The fourth-order valence-corrected chi connectivity index (χ4v) is 2.40. The van der Waals surface area contributed by atoms with Crippen molar-refractivity contribution in [1.29, 1.82) is 0 Å². The number of amides is 4. The van der Waals surface area contributed by atoms with Crippen LogP contribution in [0.2, 0.25) is 0 Å². The number of urea groups is 1. The number of hydrogen-bond donors (Lipinski definition) is 1. The first kappa shape index (κ1) is 15.5. The molecule has 0 spiro atoms. The zero-order valence-corrected chi connectivity index (χ0v) is 13.1. The molecule has 0 bridgehead atoms. The second-order valence-corrected chi connectivity index (χ2v) is 5.20. The van der Waals surface area contributed by atoms with Gasteiger partial charge < -0.3 is 9.30 Å². The van der Waals surface area contributed by atoms with Gasteiger partial charge in [-0.1, -0.05) is 0 Å². The lowest BCUT2D eigenvalue weighted by atomic mass is 10.1. The van der Waals surface area contributed by atoms with Crippen molar-refractivity contribution in [1.82, 2.24) is 9.88 Å². The molecule has 1 aromatic carbocycles. The number of rotatable bonds is 3. The van der Waals surface area contributed by atoms with Crippen LogP contribution < -0.4 is 15.0 Å². The lowest BCUT2D eigenvalue weighted by Crippen LogP contribution is -2.54. The van der Waals surface area contributed by atoms with E-state index < -0.39 is 17.8 Å². The molecular weight excluding hydrogens is 310 g/mol. The van der Waals surface area contributed by atoms with E-state index in [1.54, 1.807) is 54.2 Å². The average molecular weight is 325 g/mol. The van der Waals surface area contributed by atoms with E-state index in [-0.39, 0.29) is 5.57 Å². The number of benzene rings is 1. The third kappa shape index (κ3) is 2.67. The van der Waals surface area contributed by atoms with Gasteiger partial charge in [0.05, 0.1) is 12.8 Å². The molecule has 1 aliphatic rings. The Morgan fingerprint density at radius 3 is 2.38 bits per heavy atom. The Balaban J connectivity index is 1.99. The summed E-state index contributed by atoms with van der Waals surface area (Å²) in [6.07, 6.45) is 3.25. The Labute approximate surface area is 138 Å². The van der Waals surface area contributed by atoms with Gasteiger partial charge in [0, 0.05) is 18.9 Å². The molecule has 0 atom stereocenters. The van der Waals surface area contributed by atoms with E-state index in [1.165, 1.54) is 13.2 Å². The molecule has 7 heteroatoms. The zero-order chi connectivity index (χ0) is 17.3. The molecule has 4 amide bonds. The molecule has 122 valence electrons. The van der Waals surface area contributed by atoms with Gasteiger partial charge in [0.25, 0.3) is 11.8 Å². The minimum Gasteiger partial charge on any atom is -0.497 e. The van der Waals surface area contributed by atoms with Crippen molar-refractivity contribution in [2.24, 2.45) is 7.05 Å². The first-order chi connectivity index (χ1) is 11.5. The van der Waals surface area contributed by atoms with E-state index in [9.17, 15) is 14.4 Å². The van der Waals surface area contributed by atoms with E-state index in [0.29, 0.717) is 17.1 Å². The SMILES string of the molecule is COc1ccc(N2C(=O)NC(=O)/C(=C/c3cccn3C)C2=O)cc1. The van der Waals surface area contributed by atoms with Crippen LogP contribution in [0.4, 0.5) is 10.5 Å². The minimum atomic E-state index is -0.779. The van der Waals surface area contributed by atoms with Gasteiger partial charge in [0.2, 0.25) is 0 Å². The summed E-state index contributed by atoms with van der Waals surface area (Å²) in [6, 6.07) is 9.20. The monoisotopic (exact) mass is 325 g/mol. The third-order valence-electron chi connectivity index (χ3n) is 3.71. The van der Waals surface area contributed by atoms with Gasteiger partial charge in [0.1, 0.15) is 11.3 Å². The zero-order valence-electron chi connectivity index (χ0n) is 13.1. The van der Waals surface area contributed by atoms with Crippen molar-refractivity contribution < 1.29 is 19.1 Å². The number of aromatic nitrogens is 1. The van der Waals surface area contributed by atoms with Crippen LogP contribution in [0, 0.1) is 0 Å². The fourth-order valence-electron chi connectivity index (χ4n) is 2.40. The molecule has 0 saturated carbocycles. The van der Waals surface area contributed by atoms with Crippen LogP contribution >= 0.6 is 0 Å². The Morgan fingerprint density at radius 2 is 1.79 bits per heavy atom. The maximum absolute atomic E-state index is 12.7. The van der Waals surface area contributed by atoms with Crippen LogP contribution in [0.1, 0.15) is 5.69 Å². The molecule has 1 N–H and O–H groups in total. The number of carbonyl (C=O) groups is 3. The van der Waals surface area contributed by atoms with Crippen molar-refractivity contribution >= 4 is 29.6 Å². The van der Waals surface area contributed by atoms with Crippen LogP contribution in [0.15, 0.2) is 48.2 Å². The summed E-state index contributed by atoms with van der Waals surface area (Å²) in [7, 11) is 3.32. The van der Waals surface area contributed by atoms with Crippen molar-refractivity contribution in [2.45, 2.75) is 0 Å². The molecule has 0 unspecified atom stereocenters. The number of barbiturate groups is 1. The highest BCUT2D eigenvalue weighted by atomic mass is 16.5. The number of ether oxygens (including phenoxy) is 1. The summed E-state index contributed by atoms with van der Waals surface area (Å²) in [4.78, 5) is 37.7. The van der Waals surface area contributed by atoms with Crippen molar-refractivity contribution in [3.8, 4) is 5.75 Å². The first-order valence-corrected chi connectivity index (χ1v) is 7.18. The number of imide groups is 2. The predicted octanol–water partition coefficient (Wildman–Crippen LogP) is 1.70. The highest BCUT2D eigenvalue weighted by Crippen LogP contribution is 2.24. The van der Waals surface area contributed by atoms with Gasteiger partial charge in [-0.05, 0) is 42.5 Å². The highest BCUT2D eigenvalue weighted by molar-refractivity contribution is 6.39. The standard InChI is InChI=1S/C17H15N3O4/c1-19-9-3-4-12(19)10-14-15(21)18-17(23)20(16(14)22)11-5-7-13(24-2)8-6-11/h3-10H,1-2H3,(H,18,21,23)/b14-10-. The molecule has 2 heterocycles. The van der Waals surface area contributed by atoms with Crippen LogP contribution in [0.3, 0.4) is 0 Å². The molecule has 3 rings (SSSR count). The van der Waals surface area contributed by atoms with Crippen molar-refractivity contribution in [2.75, 3.05) is 12.0 Å². The van der Waals surface area contributed by atoms with Gasteiger partial charge in [-0.15, -0.1) is 0 Å². The van der Waals surface area contributed by atoms with Crippen LogP contribution in [0.5, 0.6) is 5.75 Å². The molecule has 1 saturated heterocycles. The summed E-state index contributed by atoms with van der Waals surface area (Å²) in [5.41, 5.74) is 0.924. The Hall–Kier alpha value is -3.35. The van der Waals surface area contributed by atoms with E-state index in [1.807, 2.05) is 0 Å². The van der Waals surface area contributed by atoms with E-state index in [2.05, 4.69) is 5.32 Å². The number of aryl methyl sites for hydroxylation is 1. The summed E-state index contributed by atoms with van der Waals surface area (Å²) >= 11 is 0. The Morgan fingerprint density at radius 1 is 1.08 bits per heavy atom. The van der Waals surface area contributed by atoms with Crippen LogP contribution in [0.25, 0.3) is 6.08 Å². The molecule has 1 fully saturated rings. The number of carbonyl (C=O) groups excluding carboxylic acids is 3. The second kappa shape index (κ2) is 6.04. The predicted molar refractivity (Wildman–Crippen MR) is 87.4 cm³/mol. The fraction of sp³-hybridized carbons (Fsp3) is 0.118. The topological polar surface area (TPSA) is 80.6 Å². The van der Waals surface area contributed by atoms with Gasteiger partial charge in [-0.25, -0.2) is 9.69 Å². The molecule has 2 aromatic rings. The van der Waals surface area contributed by atoms with Crippen LogP contribution in [-0.2, 0) is 16.6 Å². The lowest BCUT2D eigenvalue weighted by Gasteiger charge is -2.26. The molecule has 1 aliphatic heterocycles. The average Bonchev–Trinajstić information content (AvgIpc) is 2.97. The number of nitrogens with one attached hydrogen (secondary N) is 1.